The van der Waals surface area contributed by atoms with Crippen LogP contribution in [0.3, 0.4) is 0 Å². The van der Waals surface area contributed by atoms with Crippen molar-refractivity contribution in [1.82, 2.24) is 20.6 Å². The molecule has 0 saturated heterocycles. The standard InChI is InChI=1S/C15H22N6O2S/c1-9-2-7-12(11-5-3-10(8-16)4-6-11)13(14(9)24(17,22)23)15-18-20-21-19-15/h2,7,10-11H,3-6,8,16H2,1H3,(H2,17,22,23)(H,18,19,20,21). The molecule has 9 heteroatoms. The Kier molecular flexibility index (Phi) is 4.66. The lowest BCUT2D eigenvalue weighted by molar-refractivity contribution is 0.333. The molecule has 1 aliphatic carbocycles. The quantitative estimate of drug-likeness (QED) is 0.753. The lowest BCUT2D eigenvalue weighted by Crippen LogP contribution is -2.22. The topological polar surface area (TPSA) is 141 Å². The number of rotatable bonds is 4. The maximum absolute atomic E-state index is 12.2. The number of aryl methyl sites for hydroxylation is 1. The molecule has 1 aromatic carbocycles. The number of hydrogen-bond acceptors (Lipinski definition) is 6. The van der Waals surface area contributed by atoms with Gasteiger partial charge in [0.25, 0.3) is 0 Å². The Balaban J connectivity index is 2.14. The SMILES string of the molecule is Cc1ccc(C2CCC(CN)CC2)c(-c2nnn[nH]2)c1S(N)(=O)=O. The zero-order chi connectivity index (χ0) is 17.3. The third kappa shape index (κ3) is 3.19. The van der Waals surface area contributed by atoms with Crippen LogP contribution in [0.1, 0.15) is 42.7 Å². The van der Waals surface area contributed by atoms with Gasteiger partial charge in [-0.15, -0.1) is 5.10 Å². The van der Waals surface area contributed by atoms with Crippen molar-refractivity contribution >= 4 is 10.0 Å². The van der Waals surface area contributed by atoms with E-state index in [4.69, 9.17) is 10.9 Å². The Hall–Kier alpha value is -1.84. The largest absolute Gasteiger partial charge is 0.330 e. The van der Waals surface area contributed by atoms with Crippen molar-refractivity contribution in [2.75, 3.05) is 6.54 Å². The van der Waals surface area contributed by atoms with E-state index in [0.29, 0.717) is 29.4 Å². The van der Waals surface area contributed by atoms with E-state index in [2.05, 4.69) is 20.6 Å². The number of hydrogen-bond donors (Lipinski definition) is 3. The Bertz CT molecular complexity index is 811. The van der Waals surface area contributed by atoms with E-state index in [1.165, 1.54) is 0 Å². The third-order valence-electron chi connectivity index (χ3n) is 4.87. The number of aromatic amines is 1. The molecule has 1 aromatic heterocycles. The van der Waals surface area contributed by atoms with Crippen LogP contribution in [0, 0.1) is 12.8 Å². The number of aromatic nitrogens is 4. The second-order valence-electron chi connectivity index (χ2n) is 6.42. The molecule has 1 heterocycles. The van der Waals surface area contributed by atoms with Crippen molar-refractivity contribution < 1.29 is 8.42 Å². The number of benzene rings is 1. The third-order valence-corrected chi connectivity index (χ3v) is 5.97. The number of nitrogens with one attached hydrogen (secondary N) is 1. The summed E-state index contributed by atoms with van der Waals surface area (Å²) < 4.78 is 24.4. The summed E-state index contributed by atoms with van der Waals surface area (Å²) in [7, 11) is -3.90. The molecule has 0 bridgehead atoms. The van der Waals surface area contributed by atoms with E-state index in [-0.39, 0.29) is 10.8 Å². The fourth-order valence-corrected chi connectivity index (χ4v) is 4.64. The second-order valence-corrected chi connectivity index (χ2v) is 7.92. The van der Waals surface area contributed by atoms with Gasteiger partial charge in [0.15, 0.2) is 5.82 Å². The number of nitrogens with two attached hydrogens (primary N) is 2. The van der Waals surface area contributed by atoms with Crippen molar-refractivity contribution in [2.24, 2.45) is 16.8 Å². The average Bonchev–Trinajstić information content (AvgIpc) is 3.07. The van der Waals surface area contributed by atoms with E-state index < -0.39 is 10.0 Å². The maximum atomic E-state index is 12.2. The van der Waals surface area contributed by atoms with E-state index in [1.807, 2.05) is 6.07 Å². The summed E-state index contributed by atoms with van der Waals surface area (Å²) >= 11 is 0. The fraction of sp³-hybridized carbons (Fsp3) is 0.533. The van der Waals surface area contributed by atoms with Gasteiger partial charge in [-0.2, -0.15) is 0 Å². The summed E-state index contributed by atoms with van der Waals surface area (Å²) in [4.78, 5) is 0.0968. The summed E-state index contributed by atoms with van der Waals surface area (Å²) in [6.07, 6.45) is 3.99. The molecule has 0 radical (unpaired) electrons. The van der Waals surface area contributed by atoms with E-state index in [1.54, 1.807) is 13.0 Å². The molecule has 8 nitrogen and oxygen atoms in total. The minimum Gasteiger partial charge on any atom is -0.330 e. The van der Waals surface area contributed by atoms with E-state index in [0.717, 1.165) is 31.2 Å². The van der Waals surface area contributed by atoms with Crippen LogP contribution in [0.15, 0.2) is 17.0 Å². The van der Waals surface area contributed by atoms with E-state index in [9.17, 15) is 8.42 Å². The summed E-state index contributed by atoms with van der Waals surface area (Å²) in [6, 6.07) is 3.77. The van der Waals surface area contributed by atoms with Crippen molar-refractivity contribution in [3.63, 3.8) is 0 Å². The molecule has 0 unspecified atom stereocenters. The van der Waals surface area contributed by atoms with Gasteiger partial charge in [-0.3, -0.25) is 0 Å². The molecular weight excluding hydrogens is 328 g/mol. The Morgan fingerprint density at radius 1 is 1.25 bits per heavy atom. The normalized spacial score (nSPS) is 21.8. The van der Waals surface area contributed by atoms with Gasteiger partial charge in [0.1, 0.15) is 0 Å². The lowest BCUT2D eigenvalue weighted by atomic mass is 9.77. The summed E-state index contributed by atoms with van der Waals surface area (Å²) in [5, 5.41) is 19.3. The fourth-order valence-electron chi connectivity index (χ4n) is 3.63. The predicted octanol–water partition coefficient (Wildman–Crippen LogP) is 1.06. The molecule has 3 rings (SSSR count). The summed E-state index contributed by atoms with van der Waals surface area (Å²) in [6.45, 7) is 2.42. The molecule has 1 saturated carbocycles. The highest BCUT2D eigenvalue weighted by molar-refractivity contribution is 7.89. The van der Waals surface area contributed by atoms with Crippen molar-refractivity contribution in [3.05, 3.63) is 23.3 Å². The Morgan fingerprint density at radius 2 is 1.96 bits per heavy atom. The van der Waals surface area contributed by atoms with E-state index >= 15 is 0 Å². The molecule has 130 valence electrons. The molecule has 0 atom stereocenters. The molecule has 24 heavy (non-hydrogen) atoms. The van der Waals surface area contributed by atoms with Gasteiger partial charge in [-0.05, 0) is 72.5 Å². The van der Waals surface area contributed by atoms with Gasteiger partial charge in [-0.25, -0.2) is 18.7 Å². The number of tetrazole rings is 1. The highest BCUT2D eigenvalue weighted by Gasteiger charge is 2.29. The number of nitrogens with zero attached hydrogens (tertiary/aromatic N) is 3. The first-order valence-electron chi connectivity index (χ1n) is 8.02. The number of primary sulfonamides is 1. The zero-order valence-electron chi connectivity index (χ0n) is 13.6. The van der Waals surface area contributed by atoms with Crippen LogP contribution in [0.25, 0.3) is 11.4 Å². The summed E-state index contributed by atoms with van der Waals surface area (Å²) in [5.41, 5.74) is 7.78. The van der Waals surface area contributed by atoms with Gasteiger partial charge < -0.3 is 5.73 Å². The van der Waals surface area contributed by atoms with Crippen LogP contribution < -0.4 is 10.9 Å². The van der Waals surface area contributed by atoms with Crippen LogP contribution in [0.2, 0.25) is 0 Å². The van der Waals surface area contributed by atoms with Gasteiger partial charge in [0, 0.05) is 5.56 Å². The molecular formula is C15H22N6O2S. The smallest absolute Gasteiger partial charge is 0.239 e. The predicted molar refractivity (Wildman–Crippen MR) is 89.5 cm³/mol. The van der Waals surface area contributed by atoms with Crippen molar-refractivity contribution in [3.8, 4) is 11.4 Å². The molecule has 2 aromatic rings. The highest BCUT2D eigenvalue weighted by Crippen LogP contribution is 2.41. The number of H-pyrrole nitrogens is 1. The molecule has 0 aliphatic heterocycles. The highest BCUT2D eigenvalue weighted by atomic mass is 32.2. The molecule has 1 aliphatic rings. The Labute approximate surface area is 141 Å². The first kappa shape index (κ1) is 17.0. The Morgan fingerprint density at radius 3 is 2.50 bits per heavy atom. The minimum absolute atomic E-state index is 0.0968. The molecule has 1 fully saturated rings. The first-order chi connectivity index (χ1) is 11.4. The second kappa shape index (κ2) is 6.58. The van der Waals surface area contributed by atoms with Gasteiger partial charge in [0.2, 0.25) is 10.0 Å². The molecule has 0 amide bonds. The van der Waals surface area contributed by atoms with Gasteiger partial charge in [-0.1, -0.05) is 12.1 Å². The number of sulfonamides is 1. The zero-order valence-corrected chi connectivity index (χ0v) is 14.4. The lowest BCUT2D eigenvalue weighted by Gasteiger charge is -2.29. The maximum Gasteiger partial charge on any atom is 0.239 e. The van der Waals surface area contributed by atoms with Crippen LogP contribution in [-0.2, 0) is 10.0 Å². The van der Waals surface area contributed by atoms with Crippen LogP contribution in [0.4, 0.5) is 0 Å². The van der Waals surface area contributed by atoms with Gasteiger partial charge in [0.05, 0.1) is 4.90 Å². The van der Waals surface area contributed by atoms with Crippen LogP contribution in [-0.4, -0.2) is 35.6 Å². The van der Waals surface area contributed by atoms with Crippen molar-refractivity contribution in [2.45, 2.75) is 43.4 Å². The van der Waals surface area contributed by atoms with Crippen LogP contribution >= 0.6 is 0 Å². The van der Waals surface area contributed by atoms with Gasteiger partial charge >= 0.3 is 0 Å². The summed E-state index contributed by atoms with van der Waals surface area (Å²) in [5.74, 6) is 1.12. The minimum atomic E-state index is -3.90. The molecule has 5 N–H and O–H groups in total. The molecule has 0 spiro atoms. The van der Waals surface area contributed by atoms with Crippen molar-refractivity contribution in [1.29, 1.82) is 0 Å². The first-order valence-corrected chi connectivity index (χ1v) is 9.57. The average molecular weight is 350 g/mol. The van der Waals surface area contributed by atoms with Crippen LogP contribution in [0.5, 0.6) is 0 Å². The monoisotopic (exact) mass is 350 g/mol.